The Balaban J connectivity index is 2.25. The highest BCUT2D eigenvalue weighted by atomic mass is 35.5. The Labute approximate surface area is 131 Å². The average Bonchev–Trinajstić information content (AvgIpc) is 2.45. The standard InChI is InChI=1S/C17H21ClN2O/c1-4-7-19-10-14-11-20-13(3)9-16(14)21-17-8-12(2)5-6-15(17)18/h5-6,8-9,11,19H,4,7,10H2,1-3H3. The van der Waals surface area contributed by atoms with Crippen LogP contribution in [0, 0.1) is 13.8 Å². The van der Waals surface area contributed by atoms with Gasteiger partial charge >= 0.3 is 0 Å². The van der Waals surface area contributed by atoms with Crippen LogP contribution in [-0.4, -0.2) is 11.5 Å². The van der Waals surface area contributed by atoms with Crippen molar-refractivity contribution < 1.29 is 4.74 Å². The predicted molar refractivity (Wildman–Crippen MR) is 87.2 cm³/mol. The molecular weight excluding hydrogens is 284 g/mol. The fourth-order valence-corrected chi connectivity index (χ4v) is 2.15. The van der Waals surface area contributed by atoms with Gasteiger partial charge in [0.05, 0.1) is 5.02 Å². The minimum absolute atomic E-state index is 0.613. The van der Waals surface area contributed by atoms with Crippen molar-refractivity contribution in [2.45, 2.75) is 33.7 Å². The fourth-order valence-electron chi connectivity index (χ4n) is 2.00. The smallest absolute Gasteiger partial charge is 0.146 e. The van der Waals surface area contributed by atoms with Crippen molar-refractivity contribution in [2.75, 3.05) is 6.54 Å². The van der Waals surface area contributed by atoms with Crippen molar-refractivity contribution in [3.63, 3.8) is 0 Å². The van der Waals surface area contributed by atoms with Gasteiger partial charge < -0.3 is 10.1 Å². The SMILES string of the molecule is CCCNCc1cnc(C)cc1Oc1cc(C)ccc1Cl. The molecule has 2 aromatic rings. The molecule has 0 aliphatic heterocycles. The molecule has 3 nitrogen and oxygen atoms in total. The van der Waals surface area contributed by atoms with Crippen LogP contribution in [0.1, 0.15) is 30.2 Å². The second-order valence-corrected chi connectivity index (χ2v) is 5.55. The first-order chi connectivity index (χ1) is 10.1. The first kappa shape index (κ1) is 15.8. The van der Waals surface area contributed by atoms with Gasteiger partial charge in [0.15, 0.2) is 0 Å². The number of benzene rings is 1. The molecule has 0 atom stereocenters. The third-order valence-electron chi connectivity index (χ3n) is 3.13. The molecule has 4 heteroatoms. The normalized spacial score (nSPS) is 10.7. The zero-order chi connectivity index (χ0) is 15.2. The third kappa shape index (κ3) is 4.45. The lowest BCUT2D eigenvalue weighted by Gasteiger charge is -2.13. The van der Waals surface area contributed by atoms with Crippen LogP contribution >= 0.6 is 11.6 Å². The molecule has 0 unspecified atom stereocenters. The molecule has 0 amide bonds. The van der Waals surface area contributed by atoms with Crippen molar-refractivity contribution in [1.29, 1.82) is 0 Å². The molecule has 1 aromatic heterocycles. The van der Waals surface area contributed by atoms with E-state index in [1.54, 1.807) is 0 Å². The monoisotopic (exact) mass is 304 g/mol. The van der Waals surface area contributed by atoms with Gasteiger partial charge in [-0.25, -0.2) is 0 Å². The lowest BCUT2D eigenvalue weighted by molar-refractivity contribution is 0.471. The summed E-state index contributed by atoms with van der Waals surface area (Å²) in [4.78, 5) is 4.35. The maximum atomic E-state index is 6.21. The maximum Gasteiger partial charge on any atom is 0.146 e. The van der Waals surface area contributed by atoms with Gasteiger partial charge in [0.1, 0.15) is 11.5 Å². The van der Waals surface area contributed by atoms with Crippen LogP contribution in [0.5, 0.6) is 11.5 Å². The van der Waals surface area contributed by atoms with Crippen molar-refractivity contribution in [2.24, 2.45) is 0 Å². The summed E-state index contributed by atoms with van der Waals surface area (Å²) in [5.74, 6) is 1.48. The van der Waals surface area contributed by atoms with E-state index >= 15 is 0 Å². The van der Waals surface area contributed by atoms with Crippen LogP contribution in [0.3, 0.4) is 0 Å². The van der Waals surface area contributed by atoms with Gasteiger partial charge in [-0.15, -0.1) is 0 Å². The zero-order valence-electron chi connectivity index (χ0n) is 12.7. The molecule has 0 fully saturated rings. The van der Waals surface area contributed by atoms with Gasteiger partial charge in [0.25, 0.3) is 0 Å². The number of hydrogen-bond donors (Lipinski definition) is 1. The van der Waals surface area contributed by atoms with E-state index in [2.05, 4.69) is 17.2 Å². The molecule has 0 aliphatic rings. The zero-order valence-corrected chi connectivity index (χ0v) is 13.5. The van der Waals surface area contributed by atoms with Crippen molar-refractivity contribution >= 4 is 11.6 Å². The minimum atomic E-state index is 0.613. The summed E-state index contributed by atoms with van der Waals surface area (Å²) in [5.41, 5.74) is 3.07. The maximum absolute atomic E-state index is 6.21. The molecule has 2 rings (SSSR count). The number of aryl methyl sites for hydroxylation is 2. The molecule has 0 aliphatic carbocycles. The number of aromatic nitrogens is 1. The number of nitrogens with one attached hydrogen (secondary N) is 1. The van der Waals surface area contributed by atoms with Gasteiger partial charge in [-0.05, 0) is 44.5 Å². The molecule has 1 N–H and O–H groups in total. The third-order valence-corrected chi connectivity index (χ3v) is 3.44. The Bertz CT molecular complexity index is 614. The lowest BCUT2D eigenvalue weighted by atomic mass is 10.2. The molecular formula is C17H21ClN2O. The number of rotatable bonds is 6. The van der Waals surface area contributed by atoms with E-state index < -0.39 is 0 Å². The highest BCUT2D eigenvalue weighted by Gasteiger charge is 2.09. The molecule has 21 heavy (non-hydrogen) atoms. The number of ether oxygens (including phenoxy) is 1. The summed E-state index contributed by atoms with van der Waals surface area (Å²) in [5, 5.41) is 3.98. The summed E-state index contributed by atoms with van der Waals surface area (Å²) < 4.78 is 6.02. The number of nitrogens with zero attached hydrogens (tertiary/aromatic N) is 1. The molecule has 0 saturated carbocycles. The van der Waals surface area contributed by atoms with Gasteiger partial charge in [-0.2, -0.15) is 0 Å². The van der Waals surface area contributed by atoms with Gasteiger partial charge in [0, 0.05) is 30.1 Å². The van der Waals surface area contributed by atoms with Crippen LogP contribution in [0.25, 0.3) is 0 Å². The van der Waals surface area contributed by atoms with Crippen LogP contribution in [0.15, 0.2) is 30.5 Å². The fraction of sp³-hybridized carbons (Fsp3) is 0.353. The molecule has 1 aromatic carbocycles. The van der Waals surface area contributed by atoms with E-state index in [0.29, 0.717) is 10.8 Å². The molecule has 0 radical (unpaired) electrons. The van der Waals surface area contributed by atoms with E-state index in [-0.39, 0.29) is 0 Å². The summed E-state index contributed by atoms with van der Waals surface area (Å²) in [6.45, 7) is 7.82. The minimum Gasteiger partial charge on any atom is -0.455 e. The summed E-state index contributed by atoms with van der Waals surface area (Å²) in [6.07, 6.45) is 2.95. The quantitative estimate of drug-likeness (QED) is 0.789. The summed E-state index contributed by atoms with van der Waals surface area (Å²) >= 11 is 6.21. The van der Waals surface area contributed by atoms with Crippen molar-refractivity contribution in [1.82, 2.24) is 10.3 Å². The highest BCUT2D eigenvalue weighted by molar-refractivity contribution is 6.32. The van der Waals surface area contributed by atoms with Gasteiger partial charge in [0.2, 0.25) is 0 Å². The van der Waals surface area contributed by atoms with Crippen LogP contribution in [0.2, 0.25) is 5.02 Å². The van der Waals surface area contributed by atoms with E-state index in [9.17, 15) is 0 Å². The number of pyridine rings is 1. The Morgan fingerprint density at radius 1 is 1.19 bits per heavy atom. The van der Waals surface area contributed by atoms with E-state index in [4.69, 9.17) is 16.3 Å². The summed E-state index contributed by atoms with van der Waals surface area (Å²) in [7, 11) is 0. The van der Waals surface area contributed by atoms with Crippen LogP contribution in [-0.2, 0) is 6.54 Å². The van der Waals surface area contributed by atoms with E-state index in [1.165, 1.54) is 0 Å². The Kier molecular flexibility index (Phi) is 5.59. The Hall–Kier alpha value is -1.58. The molecule has 0 spiro atoms. The molecule has 0 bridgehead atoms. The predicted octanol–water partition coefficient (Wildman–Crippen LogP) is 4.64. The second kappa shape index (κ2) is 7.43. The van der Waals surface area contributed by atoms with Crippen molar-refractivity contribution in [3.05, 3.63) is 52.3 Å². The van der Waals surface area contributed by atoms with E-state index in [0.717, 1.165) is 42.1 Å². The number of halogens is 1. The largest absolute Gasteiger partial charge is 0.455 e. The van der Waals surface area contributed by atoms with Crippen LogP contribution < -0.4 is 10.1 Å². The molecule has 112 valence electrons. The lowest BCUT2D eigenvalue weighted by Crippen LogP contribution is -2.14. The Morgan fingerprint density at radius 3 is 2.76 bits per heavy atom. The van der Waals surface area contributed by atoms with Crippen molar-refractivity contribution in [3.8, 4) is 11.5 Å². The highest BCUT2D eigenvalue weighted by Crippen LogP contribution is 2.32. The molecule has 0 saturated heterocycles. The van der Waals surface area contributed by atoms with E-state index in [1.807, 2.05) is 44.3 Å². The second-order valence-electron chi connectivity index (χ2n) is 5.15. The molecule has 1 heterocycles. The average molecular weight is 305 g/mol. The summed E-state index contributed by atoms with van der Waals surface area (Å²) in [6, 6.07) is 7.72. The van der Waals surface area contributed by atoms with Gasteiger partial charge in [-0.1, -0.05) is 24.6 Å². The van der Waals surface area contributed by atoms with Gasteiger partial charge in [-0.3, -0.25) is 4.98 Å². The first-order valence-electron chi connectivity index (χ1n) is 7.20. The van der Waals surface area contributed by atoms with Crippen LogP contribution in [0.4, 0.5) is 0 Å². The Morgan fingerprint density at radius 2 is 2.00 bits per heavy atom. The topological polar surface area (TPSA) is 34.2 Å². The first-order valence-corrected chi connectivity index (χ1v) is 7.58. The number of hydrogen-bond acceptors (Lipinski definition) is 3.